The number of para-hydroxylation sites is 1. The number of ether oxygens (including phenoxy) is 1. The number of hydrogen-bond donors (Lipinski definition) is 2. The van der Waals surface area contributed by atoms with Crippen LogP contribution in [0.3, 0.4) is 0 Å². The Balaban J connectivity index is 1.51. The lowest BCUT2D eigenvalue weighted by molar-refractivity contribution is -0.00262. The zero-order chi connectivity index (χ0) is 27.7. The number of alkyl halides is 1. The molecule has 3 N–H and O–H groups in total. The monoisotopic (exact) mass is 528 g/mol. The third kappa shape index (κ3) is 5.40. The van der Waals surface area contributed by atoms with Crippen molar-refractivity contribution in [2.75, 3.05) is 11.4 Å². The van der Waals surface area contributed by atoms with Crippen molar-refractivity contribution in [2.45, 2.75) is 50.6 Å². The lowest BCUT2D eigenvalue weighted by atomic mass is 9.86. The van der Waals surface area contributed by atoms with Crippen LogP contribution in [-0.2, 0) is 0 Å². The molecule has 1 aliphatic carbocycles. The molecule has 10 heteroatoms. The first-order chi connectivity index (χ1) is 18.6. The van der Waals surface area contributed by atoms with Gasteiger partial charge in [0.1, 0.15) is 24.1 Å². The Morgan fingerprint density at radius 2 is 2.00 bits per heavy atom. The average Bonchev–Trinajstić information content (AvgIpc) is 3.32. The van der Waals surface area contributed by atoms with Crippen LogP contribution in [0.15, 0.2) is 67.0 Å². The van der Waals surface area contributed by atoms with Gasteiger partial charge in [-0.3, -0.25) is 9.78 Å². The van der Waals surface area contributed by atoms with Crippen molar-refractivity contribution in [1.82, 2.24) is 14.6 Å². The fraction of sp³-hybridized carbons (Fsp3) is 0.310. The Morgan fingerprint density at radius 1 is 1.26 bits per heavy atom. The zero-order valence-electron chi connectivity index (χ0n) is 21.7. The minimum absolute atomic E-state index is 0.0773. The van der Waals surface area contributed by atoms with E-state index in [1.807, 2.05) is 42.5 Å². The van der Waals surface area contributed by atoms with Gasteiger partial charge in [-0.1, -0.05) is 18.2 Å². The number of nitrogens with zero attached hydrogens (tertiary/aromatic N) is 5. The summed E-state index contributed by atoms with van der Waals surface area (Å²) in [7, 11) is 0. The highest BCUT2D eigenvalue weighted by molar-refractivity contribution is 5.99. The van der Waals surface area contributed by atoms with Crippen molar-refractivity contribution in [3.63, 3.8) is 0 Å². The van der Waals surface area contributed by atoms with E-state index in [2.05, 4.69) is 16.2 Å². The van der Waals surface area contributed by atoms with Gasteiger partial charge < -0.3 is 20.5 Å². The summed E-state index contributed by atoms with van der Waals surface area (Å²) in [5.41, 5.74) is 6.96. The SMILES string of the molecule is CC(C)(O)[C@H](F)CN(c1cc(-c2ccc3cc(C#N)cnn23)ncc1C(N)=O)C1CC(Oc2ccccc2)C1. The molecular formula is C29H29FN6O3. The normalized spacial score (nSPS) is 17.7. The number of aliphatic hydroxyl groups is 1. The van der Waals surface area contributed by atoms with Crippen LogP contribution in [0, 0.1) is 11.3 Å². The van der Waals surface area contributed by atoms with E-state index in [1.165, 1.54) is 26.2 Å². The number of carbonyl (C=O) groups is 1. The van der Waals surface area contributed by atoms with E-state index < -0.39 is 17.7 Å². The summed E-state index contributed by atoms with van der Waals surface area (Å²) in [5.74, 6) is 0.0597. The molecule has 3 aromatic heterocycles. The molecule has 1 saturated carbocycles. The fourth-order valence-electron chi connectivity index (χ4n) is 4.69. The largest absolute Gasteiger partial charge is 0.490 e. The number of pyridine rings is 1. The van der Waals surface area contributed by atoms with Crippen LogP contribution in [0.2, 0.25) is 0 Å². The molecule has 1 amide bonds. The molecule has 1 aromatic carbocycles. The lowest BCUT2D eigenvalue weighted by Gasteiger charge is -2.45. The molecule has 200 valence electrons. The highest BCUT2D eigenvalue weighted by atomic mass is 19.1. The van der Waals surface area contributed by atoms with E-state index in [1.54, 1.807) is 21.5 Å². The van der Waals surface area contributed by atoms with Gasteiger partial charge in [0.25, 0.3) is 5.91 Å². The topological polar surface area (TPSA) is 130 Å². The second kappa shape index (κ2) is 10.3. The summed E-state index contributed by atoms with van der Waals surface area (Å²) in [6.45, 7) is 2.67. The number of anilines is 1. The first-order valence-corrected chi connectivity index (χ1v) is 12.7. The van der Waals surface area contributed by atoms with Crippen LogP contribution in [-0.4, -0.2) is 56.1 Å². The maximum Gasteiger partial charge on any atom is 0.252 e. The van der Waals surface area contributed by atoms with Crippen LogP contribution in [0.1, 0.15) is 42.6 Å². The third-order valence-corrected chi connectivity index (χ3v) is 7.03. The molecule has 39 heavy (non-hydrogen) atoms. The molecule has 0 aliphatic heterocycles. The summed E-state index contributed by atoms with van der Waals surface area (Å²) >= 11 is 0. The molecule has 1 atom stereocenters. The number of amides is 1. The van der Waals surface area contributed by atoms with Crippen LogP contribution in [0.25, 0.3) is 16.9 Å². The van der Waals surface area contributed by atoms with Gasteiger partial charge in [-0.05, 0) is 50.2 Å². The number of carbonyl (C=O) groups excluding carboxylic acids is 1. The van der Waals surface area contributed by atoms with E-state index in [0.717, 1.165) is 5.75 Å². The van der Waals surface area contributed by atoms with Crippen molar-refractivity contribution in [2.24, 2.45) is 5.73 Å². The summed E-state index contributed by atoms with van der Waals surface area (Å²) in [6.07, 6.45) is 2.35. The molecule has 1 fully saturated rings. The molecule has 0 unspecified atom stereocenters. The van der Waals surface area contributed by atoms with Gasteiger partial charge in [0.05, 0.1) is 52.1 Å². The van der Waals surface area contributed by atoms with Gasteiger partial charge in [0, 0.05) is 25.1 Å². The standard InChI is InChI=1S/C29H29FN6O3/c1-29(2,38)27(30)17-35(20-11-22(12-20)39-21-6-4-3-5-7-21)26-13-24(33-16-23(26)28(32)37)25-9-8-19-10-18(14-31)15-34-36(19)25/h3-10,13,15-16,20,22,27,38H,11-12,17H2,1-2H3,(H2,32,37)/t20?,22?,27-/m1/s1. The van der Waals surface area contributed by atoms with Crippen molar-refractivity contribution >= 4 is 17.1 Å². The first kappa shape index (κ1) is 26.1. The smallest absolute Gasteiger partial charge is 0.252 e. The van der Waals surface area contributed by atoms with E-state index in [-0.39, 0.29) is 24.3 Å². The zero-order valence-corrected chi connectivity index (χ0v) is 21.7. The second-order valence-electron chi connectivity index (χ2n) is 10.3. The summed E-state index contributed by atoms with van der Waals surface area (Å²) in [6, 6.07) is 18.4. The highest BCUT2D eigenvalue weighted by Crippen LogP contribution is 2.37. The number of aromatic nitrogens is 3. The number of rotatable bonds is 9. The van der Waals surface area contributed by atoms with Crippen molar-refractivity contribution in [3.8, 4) is 23.2 Å². The number of nitrogens with two attached hydrogens (primary N) is 1. The van der Waals surface area contributed by atoms with E-state index in [0.29, 0.717) is 41.0 Å². The highest BCUT2D eigenvalue weighted by Gasteiger charge is 2.40. The number of benzene rings is 1. The molecule has 4 aromatic rings. The average molecular weight is 529 g/mol. The Bertz CT molecular complexity index is 1540. The van der Waals surface area contributed by atoms with Crippen LogP contribution in [0.5, 0.6) is 5.75 Å². The molecule has 3 heterocycles. The number of hydrogen-bond acceptors (Lipinski definition) is 7. The minimum atomic E-state index is -1.61. The summed E-state index contributed by atoms with van der Waals surface area (Å²) < 4.78 is 23.0. The van der Waals surface area contributed by atoms with Gasteiger partial charge in [0.15, 0.2) is 0 Å². The van der Waals surface area contributed by atoms with Crippen LogP contribution in [0.4, 0.5) is 10.1 Å². The van der Waals surface area contributed by atoms with Gasteiger partial charge in [-0.2, -0.15) is 10.4 Å². The van der Waals surface area contributed by atoms with Gasteiger partial charge in [0.2, 0.25) is 0 Å². The lowest BCUT2D eigenvalue weighted by Crippen LogP contribution is -2.54. The maximum absolute atomic E-state index is 15.3. The Morgan fingerprint density at radius 3 is 2.67 bits per heavy atom. The molecule has 0 spiro atoms. The number of fused-ring (bicyclic) bond motifs is 1. The molecule has 1 aliphatic rings. The van der Waals surface area contributed by atoms with Crippen LogP contribution >= 0.6 is 0 Å². The maximum atomic E-state index is 15.3. The minimum Gasteiger partial charge on any atom is -0.490 e. The Kier molecular flexibility index (Phi) is 6.93. The van der Waals surface area contributed by atoms with Crippen LogP contribution < -0.4 is 15.4 Å². The summed E-state index contributed by atoms with van der Waals surface area (Å²) in [4.78, 5) is 18.7. The number of nitriles is 1. The fourth-order valence-corrected chi connectivity index (χ4v) is 4.69. The van der Waals surface area contributed by atoms with E-state index in [4.69, 9.17) is 10.5 Å². The Labute approximate surface area is 225 Å². The predicted molar refractivity (Wildman–Crippen MR) is 144 cm³/mol. The van der Waals surface area contributed by atoms with E-state index >= 15 is 4.39 Å². The quantitative estimate of drug-likeness (QED) is 0.337. The molecule has 5 rings (SSSR count). The molecule has 0 saturated heterocycles. The first-order valence-electron chi connectivity index (χ1n) is 12.7. The van der Waals surface area contributed by atoms with Crippen molar-refractivity contribution < 1.29 is 19.0 Å². The number of halogens is 1. The van der Waals surface area contributed by atoms with Gasteiger partial charge in [-0.15, -0.1) is 0 Å². The van der Waals surface area contributed by atoms with Gasteiger partial charge >= 0.3 is 0 Å². The molecular weight excluding hydrogens is 499 g/mol. The predicted octanol–water partition coefficient (Wildman–Crippen LogP) is 3.89. The third-order valence-electron chi connectivity index (χ3n) is 7.03. The van der Waals surface area contributed by atoms with Crippen molar-refractivity contribution in [3.05, 3.63) is 78.1 Å². The Hall–Kier alpha value is -4.49. The molecule has 9 nitrogen and oxygen atoms in total. The number of primary amides is 1. The molecule has 0 bridgehead atoms. The van der Waals surface area contributed by atoms with E-state index in [9.17, 15) is 15.2 Å². The second-order valence-corrected chi connectivity index (χ2v) is 10.3. The van der Waals surface area contributed by atoms with Gasteiger partial charge in [-0.25, -0.2) is 8.91 Å². The van der Waals surface area contributed by atoms with Crippen molar-refractivity contribution in [1.29, 1.82) is 5.26 Å². The molecule has 0 radical (unpaired) electrons. The summed E-state index contributed by atoms with van der Waals surface area (Å²) in [5, 5.41) is 23.9.